The van der Waals surface area contributed by atoms with Crippen LogP contribution in [0.4, 0.5) is 0 Å². The molecule has 1 radical (unpaired) electrons. The molecule has 0 aliphatic heterocycles. The van der Waals surface area contributed by atoms with E-state index in [0.29, 0.717) is 0 Å². The first-order chi connectivity index (χ1) is 0. The molecule has 46 valence electrons. The van der Waals surface area contributed by atoms with Crippen LogP contribution in [0, 0.1) is 22.3 Å². The number of hydrogen-bond acceptors (Lipinski definition) is 0. The van der Waals surface area contributed by atoms with Crippen molar-refractivity contribution in [3.63, 3.8) is 0 Å². The zero-order chi connectivity index (χ0) is 0. The zero-order valence-corrected chi connectivity index (χ0v) is 6.39. The zero-order valence-electron chi connectivity index (χ0n) is 4.53. The van der Waals surface area contributed by atoms with Gasteiger partial charge in [-0.25, -0.2) is 0 Å². The van der Waals surface area contributed by atoms with Crippen LogP contribution < -0.4 is 0 Å². The van der Waals surface area contributed by atoms with E-state index in [1.807, 2.05) is 0 Å². The molecule has 0 atom stereocenters. The van der Waals surface area contributed by atoms with Crippen LogP contribution in [0.2, 0.25) is 0 Å². The maximum absolute atomic E-state index is 0. The van der Waals surface area contributed by atoms with Crippen LogP contribution in [-0.2, 0) is 30.4 Å². The second kappa shape index (κ2) is 388. The SMILES string of the molecule is [CH3-].[CH3-].[CH3-].[OH3+].[OH3+].[RuH+3]. The van der Waals surface area contributed by atoms with Gasteiger partial charge in [-0.2, -0.15) is 0 Å². The molecule has 0 amide bonds. The minimum absolute atomic E-state index is 0. The van der Waals surface area contributed by atoms with Crippen LogP contribution in [0.5, 0.6) is 0 Å². The first-order valence-corrected chi connectivity index (χ1v) is 0. The van der Waals surface area contributed by atoms with Crippen LogP contribution in [0.3, 0.4) is 0 Å². The van der Waals surface area contributed by atoms with E-state index in [0.717, 1.165) is 0 Å². The molecule has 0 unspecified atom stereocenters. The molecule has 0 fully saturated rings. The van der Waals surface area contributed by atoms with Gasteiger partial charge in [-0.15, -0.1) is 0 Å². The van der Waals surface area contributed by atoms with Crippen molar-refractivity contribution in [3.8, 4) is 0 Å². The van der Waals surface area contributed by atoms with Gasteiger partial charge < -0.3 is 33.2 Å². The Labute approximate surface area is 53.3 Å². The summed E-state index contributed by atoms with van der Waals surface area (Å²) < 4.78 is 0. The van der Waals surface area contributed by atoms with E-state index in [1.165, 1.54) is 0 Å². The molecule has 0 bridgehead atoms. The Kier molecular flexibility index (Phi) is 44000. The van der Waals surface area contributed by atoms with Gasteiger partial charge in [0.15, 0.2) is 0 Å². The quantitative estimate of drug-likeness (QED) is 0.270. The molecular formula is C3H16O2Ru+2. The summed E-state index contributed by atoms with van der Waals surface area (Å²) in [4.78, 5) is 0. The summed E-state index contributed by atoms with van der Waals surface area (Å²) in [6.07, 6.45) is 0. The van der Waals surface area contributed by atoms with Gasteiger partial charge in [0.2, 0.25) is 0 Å². The number of hydrogen-bond donors (Lipinski definition) is 0. The van der Waals surface area contributed by atoms with Crippen molar-refractivity contribution in [1.29, 1.82) is 0 Å². The third kappa shape index (κ3) is 193. The fraction of sp³-hybridized carbons (Fsp3) is 0. The maximum atomic E-state index is 0. The summed E-state index contributed by atoms with van der Waals surface area (Å²) in [7, 11) is 0. The summed E-state index contributed by atoms with van der Waals surface area (Å²) in [5.74, 6) is 0. The molecule has 6 heavy (non-hydrogen) atoms. The van der Waals surface area contributed by atoms with Gasteiger partial charge >= 0.3 is 19.5 Å². The van der Waals surface area contributed by atoms with E-state index < -0.39 is 0 Å². The Bertz CT molecular complexity index is 8.75. The Morgan fingerprint density at radius 2 is 0.500 bits per heavy atom. The van der Waals surface area contributed by atoms with Gasteiger partial charge in [0.25, 0.3) is 0 Å². The van der Waals surface area contributed by atoms with Crippen LogP contribution in [-0.4, -0.2) is 0 Å². The van der Waals surface area contributed by atoms with Crippen LogP contribution in [0.25, 0.3) is 0 Å². The topological polar surface area (TPSA) is 66.0 Å². The molecule has 0 aromatic rings. The summed E-state index contributed by atoms with van der Waals surface area (Å²) in [5.41, 5.74) is 0. The standard InChI is InChI=1S/3CH3.2H2O.Ru.H/h3*1H3;2*1H2;;/q3*-1;;;+3;/p+2. The van der Waals surface area contributed by atoms with Crippen molar-refractivity contribution in [2.24, 2.45) is 0 Å². The van der Waals surface area contributed by atoms with Gasteiger partial charge in [-0.1, -0.05) is 0 Å². The van der Waals surface area contributed by atoms with Crippen LogP contribution in [0.1, 0.15) is 0 Å². The second-order valence-corrected chi connectivity index (χ2v) is 0. The van der Waals surface area contributed by atoms with Gasteiger partial charge in [0, 0.05) is 0 Å². The Morgan fingerprint density at radius 3 is 0.500 bits per heavy atom. The van der Waals surface area contributed by atoms with Crippen molar-refractivity contribution in [2.75, 3.05) is 0 Å². The summed E-state index contributed by atoms with van der Waals surface area (Å²) >= 11 is 0. The van der Waals surface area contributed by atoms with Crippen molar-refractivity contribution in [3.05, 3.63) is 22.3 Å². The molecule has 3 heteroatoms. The molecule has 0 saturated carbocycles. The average Bonchev–Trinajstić information content (AvgIpc) is 0. The fourth-order valence-electron chi connectivity index (χ4n) is 0. The van der Waals surface area contributed by atoms with Gasteiger partial charge in [0.1, 0.15) is 0 Å². The van der Waals surface area contributed by atoms with E-state index in [9.17, 15) is 0 Å². The molecule has 6 N–H and O–H groups in total. The minimum atomic E-state index is 0. The molecule has 0 aromatic carbocycles. The molecule has 0 aliphatic carbocycles. The summed E-state index contributed by atoms with van der Waals surface area (Å²) in [6.45, 7) is 0. The fourth-order valence-corrected chi connectivity index (χ4v) is 0. The predicted octanol–water partition coefficient (Wildman–Crippen LogP) is -0.763. The summed E-state index contributed by atoms with van der Waals surface area (Å²) in [6, 6.07) is 0. The molecule has 0 spiro atoms. The van der Waals surface area contributed by atoms with Crippen molar-refractivity contribution in [1.82, 2.24) is 0 Å². The molecular weight excluding hydrogens is 169 g/mol. The Morgan fingerprint density at radius 1 is 0.500 bits per heavy atom. The first-order valence-electron chi connectivity index (χ1n) is 0. The van der Waals surface area contributed by atoms with E-state index in [1.54, 1.807) is 0 Å². The van der Waals surface area contributed by atoms with Crippen molar-refractivity contribution in [2.45, 2.75) is 0 Å². The van der Waals surface area contributed by atoms with E-state index in [-0.39, 0.29) is 52.7 Å². The van der Waals surface area contributed by atoms with E-state index >= 15 is 0 Å². The van der Waals surface area contributed by atoms with E-state index in [2.05, 4.69) is 0 Å². The van der Waals surface area contributed by atoms with Gasteiger partial charge in [-0.3, -0.25) is 0 Å². The molecule has 0 heterocycles. The van der Waals surface area contributed by atoms with Gasteiger partial charge in [0.05, 0.1) is 0 Å². The first kappa shape index (κ1) is 681. The second-order valence-electron chi connectivity index (χ2n) is 0. The number of rotatable bonds is 0. The molecule has 0 aromatic heterocycles. The normalized spacial score (nSPS) is 0. The average molecular weight is 185 g/mol. The Balaban J connectivity index is 0. The molecule has 0 rings (SSSR count). The van der Waals surface area contributed by atoms with E-state index in [4.69, 9.17) is 0 Å². The van der Waals surface area contributed by atoms with Crippen molar-refractivity contribution >= 4 is 0 Å². The Hall–Kier alpha value is 0.543. The summed E-state index contributed by atoms with van der Waals surface area (Å²) in [5, 5.41) is 0. The van der Waals surface area contributed by atoms with Gasteiger partial charge in [-0.05, 0) is 0 Å². The molecule has 2 nitrogen and oxygen atoms in total. The monoisotopic (exact) mass is 186 g/mol. The molecule has 0 aliphatic rings. The molecule has 0 saturated heterocycles. The van der Waals surface area contributed by atoms with Crippen molar-refractivity contribution < 1.29 is 30.4 Å². The van der Waals surface area contributed by atoms with Crippen LogP contribution >= 0.6 is 0 Å². The third-order valence-corrected chi connectivity index (χ3v) is 0. The van der Waals surface area contributed by atoms with Crippen LogP contribution in [0.15, 0.2) is 0 Å². The third-order valence-electron chi connectivity index (χ3n) is 0. The predicted molar refractivity (Wildman–Crippen MR) is 30.4 cm³/mol.